The van der Waals surface area contributed by atoms with Crippen LogP contribution in [0.2, 0.25) is 0 Å². The predicted molar refractivity (Wildman–Crippen MR) is 75.3 cm³/mol. The highest BCUT2D eigenvalue weighted by Crippen LogP contribution is 2.33. The molecule has 2 atom stereocenters. The number of nitrogens with two attached hydrogens (primary N) is 1. The van der Waals surface area contributed by atoms with Crippen LogP contribution in [-0.2, 0) is 0 Å². The molecule has 1 aliphatic carbocycles. The van der Waals surface area contributed by atoms with Crippen LogP contribution in [0, 0.1) is 5.92 Å². The lowest BCUT2D eigenvalue weighted by Gasteiger charge is -2.37. The first kappa shape index (κ1) is 12.3. The number of para-hydroxylation sites is 2. The molecule has 0 saturated heterocycles. The Bertz CT molecular complexity index is 362. The summed E-state index contributed by atoms with van der Waals surface area (Å²) >= 11 is 0. The smallest absolute Gasteiger partial charge is 0.0599 e. The van der Waals surface area contributed by atoms with E-state index >= 15 is 0 Å². The van der Waals surface area contributed by atoms with Gasteiger partial charge in [0.05, 0.1) is 11.4 Å². The molecule has 17 heavy (non-hydrogen) atoms. The second-order valence-electron chi connectivity index (χ2n) is 5.26. The predicted octanol–water partition coefficient (Wildman–Crippen LogP) is 3.67. The molecule has 2 nitrogen and oxygen atoms in total. The molecule has 1 aromatic carbocycles. The van der Waals surface area contributed by atoms with Gasteiger partial charge in [-0.3, -0.25) is 0 Å². The highest BCUT2D eigenvalue weighted by molar-refractivity contribution is 5.67. The van der Waals surface area contributed by atoms with Crippen molar-refractivity contribution in [2.45, 2.75) is 45.1 Å². The maximum absolute atomic E-state index is 6.05. The summed E-state index contributed by atoms with van der Waals surface area (Å²) in [7, 11) is 2.19. The number of benzene rings is 1. The molecule has 1 saturated carbocycles. The van der Waals surface area contributed by atoms with Crippen LogP contribution in [0.1, 0.15) is 39.0 Å². The monoisotopic (exact) mass is 232 g/mol. The van der Waals surface area contributed by atoms with E-state index in [1.807, 2.05) is 12.1 Å². The summed E-state index contributed by atoms with van der Waals surface area (Å²) in [5.74, 6) is 0.904. The van der Waals surface area contributed by atoms with E-state index in [4.69, 9.17) is 5.73 Å². The zero-order valence-electron chi connectivity index (χ0n) is 11.0. The van der Waals surface area contributed by atoms with Crippen LogP contribution >= 0.6 is 0 Å². The van der Waals surface area contributed by atoms with E-state index in [0.717, 1.165) is 11.6 Å². The van der Waals surface area contributed by atoms with Crippen molar-refractivity contribution in [2.24, 2.45) is 5.92 Å². The van der Waals surface area contributed by atoms with Gasteiger partial charge in [0.2, 0.25) is 0 Å². The van der Waals surface area contributed by atoms with Crippen molar-refractivity contribution in [3.63, 3.8) is 0 Å². The number of hydrogen-bond donors (Lipinski definition) is 1. The first-order chi connectivity index (χ1) is 8.22. The first-order valence-corrected chi connectivity index (χ1v) is 6.79. The van der Waals surface area contributed by atoms with Gasteiger partial charge in [-0.1, -0.05) is 38.3 Å². The van der Waals surface area contributed by atoms with Gasteiger partial charge in [0.1, 0.15) is 0 Å². The SMILES string of the molecule is CCC1CCCC(N(C)c2ccccc2N)C1. The highest BCUT2D eigenvalue weighted by Gasteiger charge is 2.24. The molecule has 0 aliphatic heterocycles. The molecule has 0 aromatic heterocycles. The Kier molecular flexibility index (Phi) is 3.93. The fourth-order valence-electron chi connectivity index (χ4n) is 2.99. The van der Waals surface area contributed by atoms with Gasteiger partial charge >= 0.3 is 0 Å². The lowest BCUT2D eigenvalue weighted by molar-refractivity contribution is 0.309. The number of anilines is 2. The molecular formula is C15H24N2. The molecule has 1 aliphatic rings. The van der Waals surface area contributed by atoms with Crippen LogP contribution in [0.15, 0.2) is 24.3 Å². The molecule has 2 N–H and O–H groups in total. The Hall–Kier alpha value is -1.18. The summed E-state index contributed by atoms with van der Waals surface area (Å²) in [5.41, 5.74) is 8.14. The van der Waals surface area contributed by atoms with E-state index < -0.39 is 0 Å². The van der Waals surface area contributed by atoms with Gasteiger partial charge < -0.3 is 10.6 Å². The van der Waals surface area contributed by atoms with E-state index in [0.29, 0.717) is 6.04 Å². The highest BCUT2D eigenvalue weighted by atomic mass is 15.1. The summed E-state index contributed by atoms with van der Waals surface area (Å²) in [4.78, 5) is 2.39. The number of hydrogen-bond acceptors (Lipinski definition) is 2. The zero-order valence-corrected chi connectivity index (χ0v) is 11.0. The molecule has 0 heterocycles. The van der Waals surface area contributed by atoms with Gasteiger partial charge in [0.25, 0.3) is 0 Å². The summed E-state index contributed by atoms with van der Waals surface area (Å²) in [6, 6.07) is 8.86. The summed E-state index contributed by atoms with van der Waals surface area (Å²) < 4.78 is 0. The third-order valence-electron chi connectivity index (χ3n) is 4.20. The van der Waals surface area contributed by atoms with E-state index in [9.17, 15) is 0 Å². The lowest BCUT2D eigenvalue weighted by Crippen LogP contribution is -2.36. The van der Waals surface area contributed by atoms with Crippen molar-refractivity contribution >= 4 is 11.4 Å². The van der Waals surface area contributed by atoms with Gasteiger partial charge in [-0.15, -0.1) is 0 Å². The largest absolute Gasteiger partial charge is 0.397 e. The van der Waals surface area contributed by atoms with Crippen LogP contribution in [0.25, 0.3) is 0 Å². The molecule has 0 amide bonds. The van der Waals surface area contributed by atoms with E-state index in [1.165, 1.54) is 37.8 Å². The maximum Gasteiger partial charge on any atom is 0.0599 e. The van der Waals surface area contributed by atoms with Crippen molar-refractivity contribution in [3.8, 4) is 0 Å². The molecular weight excluding hydrogens is 208 g/mol. The van der Waals surface area contributed by atoms with Crippen LogP contribution < -0.4 is 10.6 Å². The van der Waals surface area contributed by atoms with Crippen LogP contribution in [0.4, 0.5) is 11.4 Å². The average molecular weight is 232 g/mol. The normalized spacial score (nSPS) is 24.6. The molecule has 2 heteroatoms. The molecule has 1 fully saturated rings. The zero-order chi connectivity index (χ0) is 12.3. The minimum Gasteiger partial charge on any atom is -0.397 e. The van der Waals surface area contributed by atoms with E-state index in [-0.39, 0.29) is 0 Å². The van der Waals surface area contributed by atoms with E-state index in [1.54, 1.807) is 0 Å². The minimum absolute atomic E-state index is 0.665. The summed E-state index contributed by atoms with van der Waals surface area (Å²) in [6.07, 6.45) is 6.71. The molecule has 94 valence electrons. The fraction of sp³-hybridized carbons (Fsp3) is 0.600. The lowest BCUT2D eigenvalue weighted by atomic mass is 9.83. The first-order valence-electron chi connectivity index (χ1n) is 6.79. The van der Waals surface area contributed by atoms with Gasteiger partial charge in [-0.2, -0.15) is 0 Å². The molecule has 0 spiro atoms. The van der Waals surface area contributed by atoms with Crippen molar-refractivity contribution in [1.29, 1.82) is 0 Å². The number of nitrogens with zero attached hydrogens (tertiary/aromatic N) is 1. The standard InChI is InChI=1S/C15H24N2/c1-3-12-7-6-8-13(11-12)17(2)15-10-5-4-9-14(15)16/h4-5,9-10,12-13H,3,6-8,11,16H2,1-2H3. The Balaban J connectivity index is 2.09. The van der Waals surface area contributed by atoms with Crippen LogP contribution in [0.5, 0.6) is 0 Å². The topological polar surface area (TPSA) is 29.3 Å². The number of nitrogen functional groups attached to an aromatic ring is 1. The molecule has 2 rings (SSSR count). The summed E-state index contributed by atoms with van der Waals surface area (Å²) in [6.45, 7) is 2.31. The van der Waals surface area contributed by atoms with E-state index in [2.05, 4.69) is 31.0 Å². The Morgan fingerprint density at radius 1 is 1.29 bits per heavy atom. The summed E-state index contributed by atoms with van der Waals surface area (Å²) in [5, 5.41) is 0. The third kappa shape index (κ3) is 2.74. The van der Waals surface area contributed by atoms with Gasteiger partial charge in [0.15, 0.2) is 0 Å². The van der Waals surface area contributed by atoms with Gasteiger partial charge in [-0.25, -0.2) is 0 Å². The Labute approximate surface area is 105 Å². The van der Waals surface area contributed by atoms with Gasteiger partial charge in [-0.05, 0) is 30.9 Å². The van der Waals surface area contributed by atoms with Crippen LogP contribution in [-0.4, -0.2) is 13.1 Å². The third-order valence-corrected chi connectivity index (χ3v) is 4.20. The fourth-order valence-corrected chi connectivity index (χ4v) is 2.99. The molecule has 1 aromatic rings. The Morgan fingerprint density at radius 3 is 2.76 bits per heavy atom. The van der Waals surface area contributed by atoms with Crippen molar-refractivity contribution in [2.75, 3.05) is 17.7 Å². The second-order valence-corrected chi connectivity index (χ2v) is 5.26. The second kappa shape index (κ2) is 5.44. The number of rotatable bonds is 3. The Morgan fingerprint density at radius 2 is 2.06 bits per heavy atom. The van der Waals surface area contributed by atoms with Crippen molar-refractivity contribution in [1.82, 2.24) is 0 Å². The minimum atomic E-state index is 0.665. The van der Waals surface area contributed by atoms with Crippen molar-refractivity contribution < 1.29 is 0 Å². The van der Waals surface area contributed by atoms with Gasteiger partial charge in [0, 0.05) is 13.1 Å². The molecule has 0 bridgehead atoms. The molecule has 0 radical (unpaired) electrons. The average Bonchev–Trinajstić information content (AvgIpc) is 2.38. The molecule has 2 unspecified atom stereocenters. The quantitative estimate of drug-likeness (QED) is 0.806. The van der Waals surface area contributed by atoms with Crippen molar-refractivity contribution in [3.05, 3.63) is 24.3 Å². The van der Waals surface area contributed by atoms with Crippen LogP contribution in [0.3, 0.4) is 0 Å². The maximum atomic E-state index is 6.05.